The molecule has 0 saturated heterocycles. The van der Waals surface area contributed by atoms with Gasteiger partial charge in [0.05, 0.1) is 0 Å². The third-order valence-electron chi connectivity index (χ3n) is 6.57. The Morgan fingerprint density at radius 2 is 0.860 bits per heavy atom. The first-order valence-corrected chi connectivity index (χ1v) is 14.5. The Labute approximate surface area is 292 Å². The van der Waals surface area contributed by atoms with Crippen LogP contribution in [0.15, 0.2) is 152 Å². The Kier molecular flexibility index (Phi) is 17.7. The summed E-state index contributed by atoms with van der Waals surface area (Å²) in [5, 5.41) is 5.37. The summed E-state index contributed by atoms with van der Waals surface area (Å²) in [4.78, 5) is 0. The second-order valence-corrected chi connectivity index (χ2v) is 9.49. The average Bonchev–Trinajstić information content (AvgIpc) is 3.61. The Balaban J connectivity index is 0.000000327. The van der Waals surface area contributed by atoms with Gasteiger partial charge in [-0.15, -0.1) is 69.1 Å². The van der Waals surface area contributed by atoms with Crippen molar-refractivity contribution >= 4 is 31.8 Å². The van der Waals surface area contributed by atoms with Gasteiger partial charge in [-0.25, -0.2) is 0 Å². The summed E-state index contributed by atoms with van der Waals surface area (Å²) < 4.78 is 0. The van der Waals surface area contributed by atoms with Gasteiger partial charge >= 0.3 is 26.2 Å². The van der Waals surface area contributed by atoms with Gasteiger partial charge in [0.25, 0.3) is 0 Å². The fraction of sp³-hybridized carbons (Fsp3) is 0.0769. The zero-order chi connectivity index (χ0) is 28.2. The summed E-state index contributed by atoms with van der Waals surface area (Å²) in [6.45, 7) is 6.10. The van der Waals surface area contributed by atoms with E-state index in [-0.39, 0.29) is 51.0 Å². The number of rotatable bonds is 2. The van der Waals surface area contributed by atoms with Gasteiger partial charge < -0.3 is 24.8 Å². The smallest absolute Gasteiger partial charge is 1.00 e. The van der Waals surface area contributed by atoms with Crippen LogP contribution in [0.4, 0.5) is 0 Å². The summed E-state index contributed by atoms with van der Waals surface area (Å²) in [5.74, 6) is 0. The molecule has 0 unspecified atom stereocenters. The molecule has 214 valence electrons. The van der Waals surface area contributed by atoms with Gasteiger partial charge in [0.1, 0.15) is 0 Å². The number of halogens is 2. The van der Waals surface area contributed by atoms with Crippen molar-refractivity contribution in [3.63, 3.8) is 0 Å². The van der Waals surface area contributed by atoms with E-state index < -0.39 is 0 Å². The van der Waals surface area contributed by atoms with Crippen LogP contribution in [-0.2, 0) is 26.2 Å². The summed E-state index contributed by atoms with van der Waals surface area (Å²) in [5.41, 5.74) is 7.89. The van der Waals surface area contributed by atoms with E-state index in [9.17, 15) is 0 Å². The molecule has 0 N–H and O–H groups in total. The molecule has 4 heteroatoms. The van der Waals surface area contributed by atoms with Crippen LogP contribution < -0.4 is 24.8 Å². The van der Waals surface area contributed by atoms with Gasteiger partial charge in [0.15, 0.2) is 0 Å². The van der Waals surface area contributed by atoms with Crippen molar-refractivity contribution in [3.05, 3.63) is 169 Å². The van der Waals surface area contributed by atoms with Gasteiger partial charge in [-0.05, 0) is 11.1 Å². The van der Waals surface area contributed by atoms with Crippen LogP contribution in [0.1, 0.15) is 11.1 Å². The van der Waals surface area contributed by atoms with E-state index in [2.05, 4.69) is 151 Å². The van der Waals surface area contributed by atoms with Crippen molar-refractivity contribution in [2.75, 3.05) is 0 Å². The van der Waals surface area contributed by atoms with Crippen molar-refractivity contribution < 1.29 is 51.0 Å². The van der Waals surface area contributed by atoms with E-state index in [1.165, 1.54) is 54.9 Å². The van der Waals surface area contributed by atoms with Crippen LogP contribution in [0.3, 0.4) is 0 Å². The Bertz CT molecular complexity index is 1580. The fourth-order valence-corrected chi connectivity index (χ4v) is 4.85. The minimum atomic E-state index is 0. The molecule has 0 aliphatic heterocycles. The average molecular weight is 693 g/mol. The van der Waals surface area contributed by atoms with E-state index in [0.29, 0.717) is 0 Å². The van der Waals surface area contributed by atoms with Crippen LogP contribution in [0.2, 0.25) is 6.55 Å². The van der Waals surface area contributed by atoms with Crippen molar-refractivity contribution in [2.45, 2.75) is 20.4 Å². The quantitative estimate of drug-likeness (QED) is 0.181. The maximum Gasteiger partial charge on any atom is 3.00 e. The van der Waals surface area contributed by atoms with Crippen LogP contribution in [0, 0.1) is 19.9 Å². The summed E-state index contributed by atoms with van der Waals surface area (Å²) in [6.07, 6.45) is 0. The second-order valence-electron chi connectivity index (χ2n) is 9.49. The number of aryl methyl sites for hydroxylation is 2. The maximum atomic E-state index is 2.97. The molecule has 7 aromatic carbocycles. The van der Waals surface area contributed by atoms with Crippen molar-refractivity contribution in [1.29, 1.82) is 0 Å². The number of hydrogen-bond acceptors (Lipinski definition) is 0. The molecule has 0 saturated carbocycles. The molecular formula is C39H34Cl2SiZr-2. The summed E-state index contributed by atoms with van der Waals surface area (Å²) in [6, 6.07) is 55.6. The summed E-state index contributed by atoms with van der Waals surface area (Å²) in [7, 11) is 2.97. The molecular weight excluding hydrogens is 659 g/mol. The van der Waals surface area contributed by atoms with Crippen molar-refractivity contribution in [2.24, 2.45) is 0 Å². The Hall–Kier alpha value is -3.00. The second kappa shape index (κ2) is 20.0. The molecule has 7 rings (SSSR count). The molecule has 0 aliphatic rings. The first-order chi connectivity index (χ1) is 19.7. The monoisotopic (exact) mass is 690 g/mol. The predicted octanol–water partition coefficient (Wildman–Crippen LogP) is 4.76. The van der Waals surface area contributed by atoms with Crippen LogP contribution in [0.5, 0.6) is 0 Å². The van der Waals surface area contributed by atoms with E-state index in [1.54, 1.807) is 6.55 Å². The normalized spacial score (nSPS) is 9.30. The molecule has 0 heterocycles. The Morgan fingerprint density at radius 3 is 1.19 bits per heavy atom. The minimum Gasteiger partial charge on any atom is -1.00 e. The third-order valence-corrected chi connectivity index (χ3v) is 6.57. The largest absolute Gasteiger partial charge is 3.00 e. The van der Waals surface area contributed by atoms with E-state index in [0.717, 1.165) is 0 Å². The molecule has 0 nitrogen and oxygen atoms in total. The molecule has 7 aromatic rings. The SMILES string of the molecule is C[Si].Cc1cc2c(-c3ccccc3)cccc2[cH-]1.Cc1cc2c(-c3ccccc3)cccc2[cH-]1.[Cl-].[Cl-].[Zr+3].[c-]1ccccc1. The molecule has 0 aliphatic carbocycles. The van der Waals surface area contributed by atoms with Crippen LogP contribution in [0.25, 0.3) is 43.8 Å². The maximum absolute atomic E-state index is 2.97. The number of fused-ring (bicyclic) bond motifs is 2. The van der Waals surface area contributed by atoms with E-state index >= 15 is 0 Å². The molecule has 0 fully saturated rings. The van der Waals surface area contributed by atoms with Gasteiger partial charge in [-0.1, -0.05) is 104 Å². The molecule has 0 amide bonds. The molecule has 43 heavy (non-hydrogen) atoms. The van der Waals surface area contributed by atoms with E-state index in [1.807, 2.05) is 30.3 Å². The van der Waals surface area contributed by atoms with E-state index in [4.69, 9.17) is 0 Å². The molecule has 0 spiro atoms. The zero-order valence-corrected chi connectivity index (χ0v) is 29.7. The first-order valence-electron chi connectivity index (χ1n) is 13.5. The summed E-state index contributed by atoms with van der Waals surface area (Å²) >= 11 is 0. The van der Waals surface area contributed by atoms with Crippen molar-refractivity contribution in [3.8, 4) is 22.3 Å². The molecule has 0 atom stereocenters. The van der Waals surface area contributed by atoms with Gasteiger partial charge in [-0.2, -0.15) is 48.5 Å². The van der Waals surface area contributed by atoms with Crippen molar-refractivity contribution in [1.82, 2.24) is 0 Å². The van der Waals surface area contributed by atoms with Gasteiger partial charge in [-0.3, -0.25) is 0 Å². The van der Waals surface area contributed by atoms with Gasteiger partial charge in [0, 0.05) is 10.2 Å². The first kappa shape index (κ1) is 38.0. The zero-order valence-electron chi connectivity index (χ0n) is 24.7. The minimum absolute atomic E-state index is 0. The van der Waals surface area contributed by atoms with Crippen LogP contribution >= 0.6 is 0 Å². The topological polar surface area (TPSA) is 0 Å². The molecule has 0 aromatic heterocycles. The standard InChI is InChI=1S/2C16H13.C6H5.CH3Si.2ClH.Zr/c2*1-12-10-14-8-5-9-15(16(14)11-12)13-6-3-2-4-7-13;1-2-4-6-5-3-1;1-2;;;/h2*2-11H,1H3;1-5H;1H3;2*1H;/q3*-1;;;;+3/p-2. The molecule has 0 bridgehead atoms. The van der Waals surface area contributed by atoms with Gasteiger partial charge in [0.2, 0.25) is 0 Å². The molecule has 4 radical (unpaired) electrons. The number of benzene rings is 5. The fourth-order valence-electron chi connectivity index (χ4n) is 4.85. The predicted molar refractivity (Wildman–Crippen MR) is 176 cm³/mol. The van der Waals surface area contributed by atoms with Crippen LogP contribution in [-0.4, -0.2) is 10.2 Å². The third kappa shape index (κ3) is 10.6. The number of hydrogen-bond donors (Lipinski definition) is 0. The Morgan fingerprint density at radius 1 is 0.488 bits per heavy atom.